The van der Waals surface area contributed by atoms with E-state index in [9.17, 15) is 9.90 Å². The summed E-state index contributed by atoms with van der Waals surface area (Å²) in [6.07, 6.45) is 0. The molecule has 0 heterocycles. The van der Waals surface area contributed by atoms with E-state index in [0.29, 0.717) is 11.3 Å². The number of ether oxygens (including phenoxy) is 1. The fraction of sp³-hybridized carbons (Fsp3) is 0.417. The number of Topliss-reactive ketones (excluding diaryl/α,β-unsaturated/α-hetero) is 1. The molecule has 90 valence electrons. The molecule has 4 heteroatoms. The van der Waals surface area contributed by atoms with Gasteiger partial charge in [0.05, 0.1) is 0 Å². The second-order valence-corrected chi connectivity index (χ2v) is 3.69. The third-order valence-corrected chi connectivity index (χ3v) is 1.90. The summed E-state index contributed by atoms with van der Waals surface area (Å²) in [6.45, 7) is 2.47. The Bertz CT molecular complexity index is 335. The molecule has 1 aromatic carbocycles. The first-order valence-corrected chi connectivity index (χ1v) is 4.56. The molecule has 0 aliphatic rings. The van der Waals surface area contributed by atoms with Crippen LogP contribution in [0, 0.1) is 0 Å². The van der Waals surface area contributed by atoms with E-state index < -0.39 is 12.4 Å². The number of hydrogen-bond donors (Lipinski definition) is 2. The average molecular weight is 226 g/mol. The van der Waals surface area contributed by atoms with Gasteiger partial charge in [0, 0.05) is 5.56 Å². The van der Waals surface area contributed by atoms with Crippen LogP contribution in [0.1, 0.15) is 31.6 Å². The maximum Gasteiger partial charge on any atom is 0.193 e. The highest BCUT2D eigenvalue weighted by Crippen LogP contribution is 2.16. The Balaban J connectivity index is 0.00000225. The molecular formula is C12H18O4. The van der Waals surface area contributed by atoms with Crippen LogP contribution in [0.5, 0.6) is 5.75 Å². The summed E-state index contributed by atoms with van der Waals surface area (Å²) >= 11 is 0. The molecular weight excluding hydrogens is 208 g/mol. The van der Waals surface area contributed by atoms with Crippen LogP contribution >= 0.6 is 0 Å². The third-order valence-electron chi connectivity index (χ3n) is 1.90. The zero-order valence-electron chi connectivity index (χ0n) is 8.73. The lowest BCUT2D eigenvalue weighted by Crippen LogP contribution is -2.30. The van der Waals surface area contributed by atoms with Crippen LogP contribution in [0.15, 0.2) is 24.3 Å². The number of benzene rings is 1. The summed E-state index contributed by atoms with van der Waals surface area (Å²) in [5.74, 6) is 0.128. The lowest BCUT2D eigenvalue weighted by Gasteiger charge is -2.15. The summed E-state index contributed by atoms with van der Waals surface area (Å²) in [7, 11) is 0. The highest BCUT2D eigenvalue weighted by Gasteiger charge is 2.24. The Morgan fingerprint density at radius 3 is 2.19 bits per heavy atom. The quantitative estimate of drug-likeness (QED) is 0.604. The standard InChI is InChI=1S/C11H14O4.CH4/c1-11(2,14)10(13)8-3-5-9(6-4-8)15-7-12;/h3-6,12,14H,7H2,1-2H3;1H4. The van der Waals surface area contributed by atoms with Crippen LogP contribution in [0.4, 0.5) is 0 Å². The van der Waals surface area contributed by atoms with Gasteiger partial charge in [-0.15, -0.1) is 0 Å². The van der Waals surface area contributed by atoms with Crippen molar-refractivity contribution in [3.8, 4) is 5.75 Å². The average Bonchev–Trinajstić information content (AvgIpc) is 2.17. The molecule has 0 aromatic heterocycles. The molecule has 4 nitrogen and oxygen atoms in total. The second kappa shape index (κ2) is 5.63. The second-order valence-electron chi connectivity index (χ2n) is 3.69. The molecule has 0 amide bonds. The van der Waals surface area contributed by atoms with Crippen molar-refractivity contribution in [1.29, 1.82) is 0 Å². The Hall–Kier alpha value is -1.39. The highest BCUT2D eigenvalue weighted by molar-refractivity contribution is 6.01. The molecule has 0 unspecified atom stereocenters. The number of aliphatic hydroxyl groups excluding tert-OH is 1. The molecule has 1 rings (SSSR count). The van der Waals surface area contributed by atoms with E-state index in [4.69, 9.17) is 9.84 Å². The van der Waals surface area contributed by atoms with E-state index >= 15 is 0 Å². The zero-order valence-corrected chi connectivity index (χ0v) is 8.73. The minimum atomic E-state index is -1.38. The van der Waals surface area contributed by atoms with Crippen molar-refractivity contribution in [3.05, 3.63) is 29.8 Å². The highest BCUT2D eigenvalue weighted by atomic mass is 16.6. The van der Waals surface area contributed by atoms with E-state index in [0.717, 1.165) is 0 Å². The molecule has 16 heavy (non-hydrogen) atoms. The van der Waals surface area contributed by atoms with Gasteiger partial charge in [0.15, 0.2) is 12.6 Å². The van der Waals surface area contributed by atoms with Crippen molar-refractivity contribution in [1.82, 2.24) is 0 Å². The molecule has 0 spiro atoms. The predicted octanol–water partition coefficient (Wildman–Crippen LogP) is 1.60. The molecule has 0 radical (unpaired) electrons. The van der Waals surface area contributed by atoms with Gasteiger partial charge < -0.3 is 14.9 Å². The van der Waals surface area contributed by atoms with Crippen LogP contribution in [0.3, 0.4) is 0 Å². The summed E-state index contributed by atoms with van der Waals surface area (Å²) < 4.78 is 4.81. The van der Waals surface area contributed by atoms with Crippen LogP contribution < -0.4 is 4.74 Å². The molecule has 2 N–H and O–H groups in total. The SMILES string of the molecule is C.CC(C)(O)C(=O)c1ccc(OCO)cc1. The Labute approximate surface area is 95.5 Å². The van der Waals surface area contributed by atoms with Crippen molar-refractivity contribution in [2.45, 2.75) is 26.9 Å². The summed E-state index contributed by atoms with van der Waals surface area (Å²) in [5.41, 5.74) is -0.966. The molecule has 0 saturated carbocycles. The number of carbonyl (C=O) groups is 1. The van der Waals surface area contributed by atoms with Gasteiger partial charge in [0.2, 0.25) is 0 Å². The molecule has 0 atom stereocenters. The van der Waals surface area contributed by atoms with Crippen molar-refractivity contribution < 1.29 is 19.7 Å². The first kappa shape index (κ1) is 14.6. The lowest BCUT2D eigenvalue weighted by molar-refractivity contribution is 0.0488. The summed E-state index contributed by atoms with van der Waals surface area (Å²) in [5, 5.41) is 18.0. The van der Waals surface area contributed by atoms with Crippen molar-refractivity contribution in [3.63, 3.8) is 0 Å². The molecule has 1 aromatic rings. The van der Waals surface area contributed by atoms with E-state index in [1.54, 1.807) is 24.3 Å². The number of rotatable bonds is 4. The van der Waals surface area contributed by atoms with Gasteiger partial charge in [-0.05, 0) is 38.1 Å². The molecule has 0 fully saturated rings. The fourth-order valence-corrected chi connectivity index (χ4v) is 1.13. The molecule has 0 aliphatic carbocycles. The fourth-order valence-electron chi connectivity index (χ4n) is 1.13. The van der Waals surface area contributed by atoms with Gasteiger partial charge in [-0.25, -0.2) is 0 Å². The number of carbonyl (C=O) groups excluding carboxylic acids is 1. The predicted molar refractivity (Wildman–Crippen MR) is 61.5 cm³/mol. The van der Waals surface area contributed by atoms with E-state index in [1.165, 1.54) is 13.8 Å². The largest absolute Gasteiger partial charge is 0.468 e. The minimum Gasteiger partial charge on any atom is -0.468 e. The van der Waals surface area contributed by atoms with Crippen LogP contribution in [0.25, 0.3) is 0 Å². The van der Waals surface area contributed by atoms with E-state index in [1.807, 2.05) is 0 Å². The van der Waals surface area contributed by atoms with Crippen LogP contribution in [-0.2, 0) is 0 Å². The van der Waals surface area contributed by atoms with Crippen molar-refractivity contribution in [2.24, 2.45) is 0 Å². The molecule has 0 bridgehead atoms. The Morgan fingerprint density at radius 1 is 1.31 bits per heavy atom. The number of hydrogen-bond acceptors (Lipinski definition) is 4. The van der Waals surface area contributed by atoms with Gasteiger partial charge in [-0.1, -0.05) is 7.43 Å². The topological polar surface area (TPSA) is 66.8 Å². The maximum absolute atomic E-state index is 11.6. The first-order chi connectivity index (χ1) is 6.95. The Kier molecular flexibility index (Phi) is 5.14. The Morgan fingerprint density at radius 2 is 1.81 bits per heavy atom. The zero-order chi connectivity index (χ0) is 11.5. The third kappa shape index (κ3) is 3.64. The van der Waals surface area contributed by atoms with Gasteiger partial charge in [-0.3, -0.25) is 4.79 Å². The van der Waals surface area contributed by atoms with Gasteiger partial charge in [-0.2, -0.15) is 0 Å². The lowest BCUT2D eigenvalue weighted by atomic mass is 9.97. The smallest absolute Gasteiger partial charge is 0.193 e. The van der Waals surface area contributed by atoms with Gasteiger partial charge >= 0.3 is 0 Å². The van der Waals surface area contributed by atoms with Crippen LogP contribution in [-0.4, -0.2) is 28.4 Å². The van der Waals surface area contributed by atoms with E-state index in [-0.39, 0.29) is 13.2 Å². The summed E-state index contributed by atoms with van der Waals surface area (Å²) in [4.78, 5) is 11.6. The first-order valence-electron chi connectivity index (χ1n) is 4.56. The number of aliphatic hydroxyl groups is 2. The molecule has 0 saturated heterocycles. The number of ketones is 1. The van der Waals surface area contributed by atoms with E-state index in [2.05, 4.69) is 0 Å². The monoisotopic (exact) mass is 226 g/mol. The van der Waals surface area contributed by atoms with Gasteiger partial charge in [0.25, 0.3) is 0 Å². The maximum atomic E-state index is 11.6. The van der Waals surface area contributed by atoms with Crippen molar-refractivity contribution >= 4 is 5.78 Å². The minimum absolute atomic E-state index is 0. The van der Waals surface area contributed by atoms with Crippen molar-refractivity contribution in [2.75, 3.05) is 6.79 Å². The summed E-state index contributed by atoms with van der Waals surface area (Å²) in [6, 6.07) is 6.22. The normalized spacial score (nSPS) is 10.5. The molecule has 0 aliphatic heterocycles. The van der Waals surface area contributed by atoms with Crippen LogP contribution in [0.2, 0.25) is 0 Å². The van der Waals surface area contributed by atoms with Gasteiger partial charge in [0.1, 0.15) is 11.4 Å².